The topological polar surface area (TPSA) is 35.0 Å². The van der Waals surface area contributed by atoms with Crippen LogP contribution in [0.3, 0.4) is 0 Å². The van der Waals surface area contributed by atoms with Crippen LogP contribution in [0.5, 0.6) is 5.75 Å². The largest absolute Gasteiger partial charge is 0.493 e. The molecule has 3 heteroatoms. The monoisotopic (exact) mass is 228 g/mol. The van der Waals surface area contributed by atoms with E-state index in [4.69, 9.17) is 4.74 Å². The van der Waals surface area contributed by atoms with Crippen molar-refractivity contribution >= 4 is 0 Å². The number of unbranched alkanes of at least 4 members (excludes halogenated alkanes) is 1. The number of hydrogen-bond donors (Lipinski definition) is 0. The first-order valence-electron chi connectivity index (χ1n) is 5.90. The molecule has 0 bridgehead atoms. The van der Waals surface area contributed by atoms with Gasteiger partial charge in [0.15, 0.2) is 0 Å². The van der Waals surface area contributed by atoms with E-state index in [9.17, 15) is 0 Å². The second-order valence-electron chi connectivity index (χ2n) is 3.83. The Morgan fingerprint density at radius 1 is 1.12 bits per heavy atom. The third-order valence-electron chi connectivity index (χ3n) is 2.54. The fourth-order valence-electron chi connectivity index (χ4n) is 1.61. The van der Waals surface area contributed by atoms with Crippen molar-refractivity contribution in [3.8, 4) is 16.9 Å². The molecular formula is C14H16N2O. The molecule has 1 aromatic heterocycles. The van der Waals surface area contributed by atoms with Crippen molar-refractivity contribution in [2.75, 3.05) is 6.61 Å². The Balaban J connectivity index is 2.22. The Morgan fingerprint density at radius 2 is 2.00 bits per heavy atom. The van der Waals surface area contributed by atoms with Crippen LogP contribution in [0.15, 0.2) is 42.7 Å². The second kappa shape index (κ2) is 5.99. The number of ether oxygens (including phenoxy) is 1. The number of hydrogen-bond acceptors (Lipinski definition) is 3. The number of nitrogens with zero attached hydrogens (tertiary/aromatic N) is 2. The molecule has 17 heavy (non-hydrogen) atoms. The van der Waals surface area contributed by atoms with E-state index in [0.717, 1.165) is 36.3 Å². The van der Waals surface area contributed by atoms with Crippen molar-refractivity contribution < 1.29 is 4.74 Å². The molecule has 0 saturated carbocycles. The van der Waals surface area contributed by atoms with E-state index in [1.807, 2.05) is 30.3 Å². The lowest BCUT2D eigenvalue weighted by Gasteiger charge is -2.10. The van der Waals surface area contributed by atoms with Crippen LogP contribution in [0.4, 0.5) is 0 Å². The van der Waals surface area contributed by atoms with Gasteiger partial charge in [0.1, 0.15) is 5.75 Å². The summed E-state index contributed by atoms with van der Waals surface area (Å²) in [5, 5.41) is 7.68. The van der Waals surface area contributed by atoms with Crippen molar-refractivity contribution in [2.45, 2.75) is 19.8 Å². The summed E-state index contributed by atoms with van der Waals surface area (Å²) in [4.78, 5) is 0. The first kappa shape index (κ1) is 11.6. The molecule has 0 aliphatic carbocycles. The number of para-hydroxylation sites is 1. The van der Waals surface area contributed by atoms with E-state index >= 15 is 0 Å². The Hall–Kier alpha value is -1.90. The van der Waals surface area contributed by atoms with Gasteiger partial charge in [0.05, 0.1) is 19.0 Å². The van der Waals surface area contributed by atoms with E-state index in [-0.39, 0.29) is 0 Å². The molecule has 1 heterocycles. The van der Waals surface area contributed by atoms with Gasteiger partial charge >= 0.3 is 0 Å². The highest BCUT2D eigenvalue weighted by Crippen LogP contribution is 2.28. The van der Waals surface area contributed by atoms with Crippen LogP contribution in [0.1, 0.15) is 19.8 Å². The molecule has 2 aromatic rings. The SMILES string of the molecule is CCCCOc1ccccc1-c1ccnnc1. The Kier molecular flexibility index (Phi) is 4.08. The molecule has 0 N–H and O–H groups in total. The fraction of sp³-hybridized carbons (Fsp3) is 0.286. The van der Waals surface area contributed by atoms with Crippen molar-refractivity contribution in [3.05, 3.63) is 42.7 Å². The van der Waals surface area contributed by atoms with E-state index in [1.165, 1.54) is 0 Å². The van der Waals surface area contributed by atoms with Crippen LogP contribution in [0.25, 0.3) is 11.1 Å². The van der Waals surface area contributed by atoms with Crippen LogP contribution >= 0.6 is 0 Å². The zero-order valence-electron chi connectivity index (χ0n) is 9.97. The van der Waals surface area contributed by atoms with Gasteiger partial charge in [0.2, 0.25) is 0 Å². The van der Waals surface area contributed by atoms with Crippen LogP contribution in [-0.2, 0) is 0 Å². The number of benzene rings is 1. The summed E-state index contributed by atoms with van der Waals surface area (Å²) in [6, 6.07) is 9.96. The molecule has 0 radical (unpaired) electrons. The van der Waals surface area contributed by atoms with Gasteiger partial charge in [-0.1, -0.05) is 31.5 Å². The van der Waals surface area contributed by atoms with Gasteiger partial charge < -0.3 is 4.74 Å². The van der Waals surface area contributed by atoms with Gasteiger partial charge in [-0.2, -0.15) is 10.2 Å². The van der Waals surface area contributed by atoms with Crippen molar-refractivity contribution in [1.29, 1.82) is 0 Å². The van der Waals surface area contributed by atoms with E-state index < -0.39 is 0 Å². The van der Waals surface area contributed by atoms with Gasteiger partial charge in [0.25, 0.3) is 0 Å². The Bertz CT molecular complexity index is 457. The highest BCUT2D eigenvalue weighted by Gasteiger charge is 2.05. The number of rotatable bonds is 5. The van der Waals surface area contributed by atoms with Crippen LogP contribution in [-0.4, -0.2) is 16.8 Å². The Morgan fingerprint density at radius 3 is 2.76 bits per heavy atom. The zero-order valence-corrected chi connectivity index (χ0v) is 9.97. The summed E-state index contributed by atoms with van der Waals surface area (Å²) >= 11 is 0. The van der Waals surface area contributed by atoms with Crippen molar-refractivity contribution in [3.63, 3.8) is 0 Å². The molecule has 0 atom stereocenters. The molecule has 1 aromatic carbocycles. The van der Waals surface area contributed by atoms with Gasteiger partial charge in [-0.3, -0.25) is 0 Å². The maximum Gasteiger partial charge on any atom is 0.127 e. The van der Waals surface area contributed by atoms with Crippen LogP contribution < -0.4 is 4.74 Å². The molecule has 0 unspecified atom stereocenters. The van der Waals surface area contributed by atoms with E-state index in [0.29, 0.717) is 0 Å². The minimum atomic E-state index is 0.756. The predicted molar refractivity (Wildman–Crippen MR) is 67.9 cm³/mol. The summed E-state index contributed by atoms with van der Waals surface area (Å²) in [7, 11) is 0. The van der Waals surface area contributed by atoms with Gasteiger partial charge in [-0.15, -0.1) is 0 Å². The quantitative estimate of drug-likeness (QED) is 0.736. The average molecular weight is 228 g/mol. The lowest BCUT2D eigenvalue weighted by Crippen LogP contribution is -1.98. The van der Waals surface area contributed by atoms with Crippen LogP contribution in [0.2, 0.25) is 0 Å². The second-order valence-corrected chi connectivity index (χ2v) is 3.83. The third-order valence-corrected chi connectivity index (χ3v) is 2.54. The minimum Gasteiger partial charge on any atom is -0.493 e. The summed E-state index contributed by atoms with van der Waals surface area (Å²) in [6.45, 7) is 2.91. The third kappa shape index (κ3) is 3.03. The molecular weight excluding hydrogens is 212 g/mol. The summed E-state index contributed by atoms with van der Waals surface area (Å²) < 4.78 is 5.78. The summed E-state index contributed by atoms with van der Waals surface area (Å²) in [5.41, 5.74) is 2.10. The minimum absolute atomic E-state index is 0.756. The lowest BCUT2D eigenvalue weighted by atomic mass is 10.1. The predicted octanol–water partition coefficient (Wildman–Crippen LogP) is 3.32. The fourth-order valence-corrected chi connectivity index (χ4v) is 1.61. The zero-order chi connectivity index (χ0) is 11.9. The van der Waals surface area contributed by atoms with Gasteiger partial charge in [-0.25, -0.2) is 0 Å². The molecule has 0 amide bonds. The molecule has 0 aliphatic heterocycles. The molecule has 0 saturated heterocycles. The highest BCUT2D eigenvalue weighted by atomic mass is 16.5. The maximum absolute atomic E-state index is 5.78. The van der Waals surface area contributed by atoms with E-state index in [1.54, 1.807) is 12.4 Å². The highest BCUT2D eigenvalue weighted by molar-refractivity contribution is 5.69. The maximum atomic E-state index is 5.78. The normalized spacial score (nSPS) is 10.2. The van der Waals surface area contributed by atoms with Crippen molar-refractivity contribution in [1.82, 2.24) is 10.2 Å². The molecule has 0 fully saturated rings. The van der Waals surface area contributed by atoms with Crippen molar-refractivity contribution in [2.24, 2.45) is 0 Å². The molecule has 2 rings (SSSR count). The lowest BCUT2D eigenvalue weighted by molar-refractivity contribution is 0.310. The Labute approximate surface area is 101 Å². The molecule has 3 nitrogen and oxygen atoms in total. The first-order chi connectivity index (χ1) is 8.42. The smallest absolute Gasteiger partial charge is 0.127 e. The van der Waals surface area contributed by atoms with E-state index in [2.05, 4.69) is 17.1 Å². The average Bonchev–Trinajstić information content (AvgIpc) is 2.41. The van der Waals surface area contributed by atoms with Gasteiger partial charge in [0, 0.05) is 11.1 Å². The summed E-state index contributed by atoms with van der Waals surface area (Å²) in [5.74, 6) is 0.911. The molecule has 0 spiro atoms. The standard InChI is InChI=1S/C14H16N2O/c1-2-3-10-17-14-7-5-4-6-13(14)12-8-9-15-16-11-12/h4-9,11H,2-3,10H2,1H3. The van der Waals surface area contributed by atoms with Crippen LogP contribution in [0, 0.1) is 0 Å². The number of aromatic nitrogens is 2. The summed E-state index contributed by atoms with van der Waals surface area (Å²) in [6.07, 6.45) is 5.65. The molecule has 0 aliphatic rings. The molecule has 88 valence electrons. The van der Waals surface area contributed by atoms with Gasteiger partial charge in [-0.05, 0) is 18.6 Å². The first-order valence-corrected chi connectivity index (χ1v) is 5.90.